The van der Waals surface area contributed by atoms with Gasteiger partial charge in [-0.25, -0.2) is 9.97 Å². The summed E-state index contributed by atoms with van der Waals surface area (Å²) in [4.78, 5) is 25.8. The standard InChI is InChI=1S/C22H34ClN9O3/c23-18-21(25-2-4-31-7-13-34-14-8-31)27-20-17(26-18)19(24-1-3-30-5-11-33-12-6-30)28-22(29-20)32-9-15-35-16-10-32/h1-16H2,(H2,24,25,27,28,29). The molecule has 0 atom stereocenters. The van der Waals surface area contributed by atoms with Crippen LogP contribution in [0.4, 0.5) is 17.6 Å². The molecule has 35 heavy (non-hydrogen) atoms. The Labute approximate surface area is 210 Å². The molecule has 5 rings (SSSR count). The van der Waals surface area contributed by atoms with Crippen molar-refractivity contribution in [2.24, 2.45) is 0 Å². The summed E-state index contributed by atoms with van der Waals surface area (Å²) in [6, 6.07) is 0. The first-order valence-electron chi connectivity index (χ1n) is 12.4. The van der Waals surface area contributed by atoms with Crippen LogP contribution < -0.4 is 15.5 Å². The van der Waals surface area contributed by atoms with Gasteiger partial charge in [0.15, 0.2) is 28.0 Å². The van der Waals surface area contributed by atoms with Crippen molar-refractivity contribution in [2.75, 3.05) is 121 Å². The number of nitrogens with zero attached hydrogens (tertiary/aromatic N) is 7. The number of ether oxygens (including phenoxy) is 3. The second kappa shape index (κ2) is 12.2. The predicted molar refractivity (Wildman–Crippen MR) is 135 cm³/mol. The number of anilines is 3. The normalized spacial score (nSPS) is 20.3. The Hall–Kier alpha value is -2.09. The average Bonchev–Trinajstić information content (AvgIpc) is 2.91. The van der Waals surface area contributed by atoms with Gasteiger partial charge in [0, 0.05) is 65.4 Å². The Bertz CT molecular complexity index is 967. The third kappa shape index (κ3) is 6.57. The summed E-state index contributed by atoms with van der Waals surface area (Å²) in [5.41, 5.74) is 1.10. The zero-order chi connectivity index (χ0) is 23.9. The Kier molecular flexibility index (Phi) is 8.60. The van der Waals surface area contributed by atoms with Crippen molar-refractivity contribution >= 4 is 40.3 Å². The van der Waals surface area contributed by atoms with Gasteiger partial charge in [-0.05, 0) is 0 Å². The van der Waals surface area contributed by atoms with E-state index in [2.05, 4.69) is 30.3 Å². The van der Waals surface area contributed by atoms with Gasteiger partial charge in [0.05, 0.1) is 39.6 Å². The van der Waals surface area contributed by atoms with Crippen LogP contribution in [0.3, 0.4) is 0 Å². The number of nitrogens with one attached hydrogen (secondary N) is 2. The first-order chi connectivity index (χ1) is 17.3. The van der Waals surface area contributed by atoms with Crippen LogP contribution in [0.2, 0.25) is 5.15 Å². The molecule has 2 N–H and O–H groups in total. The third-order valence-corrected chi connectivity index (χ3v) is 6.68. The summed E-state index contributed by atoms with van der Waals surface area (Å²) in [6.45, 7) is 12.9. The molecule has 0 spiro atoms. The molecule has 3 fully saturated rings. The molecule has 0 aliphatic carbocycles. The first-order valence-corrected chi connectivity index (χ1v) is 12.8. The number of halogens is 1. The van der Waals surface area contributed by atoms with Gasteiger partial charge in [0.25, 0.3) is 0 Å². The lowest BCUT2D eigenvalue weighted by atomic mass is 10.4. The summed E-state index contributed by atoms with van der Waals surface area (Å²) in [5.74, 6) is 1.82. The Morgan fingerprint density at radius 1 is 0.657 bits per heavy atom. The average molecular weight is 508 g/mol. The summed E-state index contributed by atoms with van der Waals surface area (Å²) in [7, 11) is 0. The maximum absolute atomic E-state index is 6.54. The molecule has 12 nitrogen and oxygen atoms in total. The molecule has 0 unspecified atom stereocenters. The van der Waals surface area contributed by atoms with Crippen LogP contribution in [0.15, 0.2) is 0 Å². The van der Waals surface area contributed by atoms with Gasteiger partial charge in [-0.1, -0.05) is 11.6 Å². The summed E-state index contributed by atoms with van der Waals surface area (Å²) in [5, 5.41) is 7.11. The van der Waals surface area contributed by atoms with Gasteiger partial charge in [-0.3, -0.25) is 9.80 Å². The molecule has 0 amide bonds. The molecule has 192 valence electrons. The minimum atomic E-state index is 0.318. The van der Waals surface area contributed by atoms with Crippen molar-refractivity contribution in [2.45, 2.75) is 0 Å². The molecule has 3 aliphatic heterocycles. The van der Waals surface area contributed by atoms with E-state index in [-0.39, 0.29) is 0 Å². The fourth-order valence-corrected chi connectivity index (χ4v) is 4.56. The summed E-state index contributed by atoms with van der Waals surface area (Å²) < 4.78 is 16.4. The number of aromatic nitrogens is 4. The molecule has 0 aromatic carbocycles. The van der Waals surface area contributed by atoms with E-state index in [4.69, 9.17) is 40.8 Å². The molecule has 0 radical (unpaired) electrons. The van der Waals surface area contributed by atoms with Crippen molar-refractivity contribution in [3.63, 3.8) is 0 Å². The Morgan fingerprint density at radius 3 is 1.80 bits per heavy atom. The van der Waals surface area contributed by atoms with Crippen LogP contribution in [0.25, 0.3) is 11.2 Å². The Balaban J connectivity index is 1.33. The molecule has 0 saturated carbocycles. The van der Waals surface area contributed by atoms with Gasteiger partial charge in [0.2, 0.25) is 5.95 Å². The largest absolute Gasteiger partial charge is 0.379 e. The van der Waals surface area contributed by atoms with Crippen molar-refractivity contribution in [1.82, 2.24) is 29.7 Å². The van der Waals surface area contributed by atoms with Crippen LogP contribution in [0, 0.1) is 0 Å². The van der Waals surface area contributed by atoms with E-state index in [9.17, 15) is 0 Å². The number of morpholine rings is 3. The Morgan fingerprint density at radius 2 is 1.20 bits per heavy atom. The fraction of sp³-hybridized carbons (Fsp3) is 0.727. The van der Waals surface area contributed by atoms with E-state index >= 15 is 0 Å². The highest BCUT2D eigenvalue weighted by Crippen LogP contribution is 2.26. The fourth-order valence-electron chi connectivity index (χ4n) is 4.37. The van der Waals surface area contributed by atoms with Crippen LogP contribution in [-0.4, -0.2) is 135 Å². The predicted octanol–water partition coefficient (Wildman–Crippen LogP) is 0.398. The quantitative estimate of drug-likeness (QED) is 0.489. The van der Waals surface area contributed by atoms with Crippen LogP contribution in [0.5, 0.6) is 0 Å². The second-order valence-electron chi connectivity index (χ2n) is 8.77. The molecule has 3 aliphatic rings. The highest BCUT2D eigenvalue weighted by Gasteiger charge is 2.20. The second-order valence-corrected chi connectivity index (χ2v) is 9.13. The van der Waals surface area contributed by atoms with E-state index in [0.717, 1.165) is 85.3 Å². The smallest absolute Gasteiger partial charge is 0.229 e. The van der Waals surface area contributed by atoms with Crippen LogP contribution in [-0.2, 0) is 14.2 Å². The lowest BCUT2D eigenvalue weighted by Gasteiger charge is -2.28. The van der Waals surface area contributed by atoms with Crippen molar-refractivity contribution < 1.29 is 14.2 Å². The highest BCUT2D eigenvalue weighted by molar-refractivity contribution is 6.32. The number of hydrogen-bond acceptors (Lipinski definition) is 12. The minimum Gasteiger partial charge on any atom is -0.379 e. The van der Waals surface area contributed by atoms with Crippen LogP contribution in [0.1, 0.15) is 0 Å². The van der Waals surface area contributed by atoms with E-state index in [1.54, 1.807) is 0 Å². The van der Waals surface area contributed by atoms with E-state index < -0.39 is 0 Å². The molecule has 0 bridgehead atoms. The van der Waals surface area contributed by atoms with Crippen LogP contribution >= 0.6 is 11.6 Å². The van der Waals surface area contributed by atoms with Gasteiger partial charge >= 0.3 is 0 Å². The number of rotatable bonds is 9. The van der Waals surface area contributed by atoms with E-state index in [0.29, 0.717) is 53.7 Å². The molecule has 5 heterocycles. The van der Waals surface area contributed by atoms with Gasteiger partial charge in [0.1, 0.15) is 0 Å². The lowest BCUT2D eigenvalue weighted by Crippen LogP contribution is -2.39. The highest BCUT2D eigenvalue weighted by atomic mass is 35.5. The molecule has 2 aromatic rings. The monoisotopic (exact) mass is 507 g/mol. The zero-order valence-electron chi connectivity index (χ0n) is 20.0. The number of hydrogen-bond donors (Lipinski definition) is 2. The van der Waals surface area contributed by atoms with E-state index in [1.807, 2.05) is 0 Å². The van der Waals surface area contributed by atoms with Gasteiger partial charge in [-0.15, -0.1) is 0 Å². The topological polar surface area (TPSA) is 113 Å². The third-order valence-electron chi connectivity index (χ3n) is 6.42. The molecule has 3 saturated heterocycles. The summed E-state index contributed by atoms with van der Waals surface area (Å²) in [6.07, 6.45) is 0. The maximum atomic E-state index is 6.54. The summed E-state index contributed by atoms with van der Waals surface area (Å²) >= 11 is 6.54. The van der Waals surface area contributed by atoms with Gasteiger partial charge < -0.3 is 29.7 Å². The maximum Gasteiger partial charge on any atom is 0.229 e. The number of fused-ring (bicyclic) bond motifs is 1. The van der Waals surface area contributed by atoms with Gasteiger partial charge in [-0.2, -0.15) is 9.97 Å². The van der Waals surface area contributed by atoms with Crippen molar-refractivity contribution in [3.8, 4) is 0 Å². The SMILES string of the molecule is Clc1nc2c(NCCN3CCOCC3)nc(N3CCOCC3)nc2nc1NCCN1CCOCC1. The molecule has 2 aromatic heterocycles. The lowest BCUT2D eigenvalue weighted by molar-refractivity contribution is 0.0398. The van der Waals surface area contributed by atoms with Crippen molar-refractivity contribution in [1.29, 1.82) is 0 Å². The molecule has 13 heteroatoms. The molecular weight excluding hydrogens is 474 g/mol. The zero-order valence-corrected chi connectivity index (χ0v) is 20.8. The van der Waals surface area contributed by atoms with Crippen molar-refractivity contribution in [3.05, 3.63) is 5.15 Å². The molecular formula is C22H34ClN9O3. The minimum absolute atomic E-state index is 0.318. The van der Waals surface area contributed by atoms with E-state index in [1.165, 1.54) is 0 Å². The first kappa shape index (κ1) is 24.6.